The van der Waals surface area contributed by atoms with Crippen LogP contribution in [0.15, 0.2) is 0 Å². The Morgan fingerprint density at radius 3 is 1.52 bits per heavy atom. The Balaban J connectivity index is 0. The van der Waals surface area contributed by atoms with Gasteiger partial charge in [-0.15, -0.1) is 0 Å². The predicted octanol–water partition coefficient (Wildman–Crippen LogP) is 2.72. The number of carbonyl (C=O) groups is 1. The Morgan fingerprint density at radius 2 is 1.12 bits per heavy atom. The summed E-state index contributed by atoms with van der Waals surface area (Å²) < 4.78 is 6.27. The van der Waals surface area contributed by atoms with Gasteiger partial charge in [0.05, 0.1) is 20.1 Å². The van der Waals surface area contributed by atoms with E-state index >= 15 is 0 Å². The number of hydrogen-bond donors (Lipinski definition) is 0. The zero-order valence-corrected chi connectivity index (χ0v) is 18.2. The molecule has 152 valence electrons. The molecule has 0 aliphatic heterocycles. The molecule has 0 heterocycles. The van der Waals surface area contributed by atoms with E-state index in [1.807, 2.05) is 0 Å². The van der Waals surface area contributed by atoms with Gasteiger partial charge in [0.25, 0.3) is 0 Å². The van der Waals surface area contributed by atoms with Gasteiger partial charge in [-0.25, -0.2) is 0 Å². The zero-order chi connectivity index (χ0) is 18.1. The van der Waals surface area contributed by atoms with E-state index in [0.717, 1.165) is 11.0 Å². The minimum atomic E-state index is -0.152. The molecule has 0 spiro atoms. The number of hydrogen-bond acceptors (Lipinski definition) is 2. The van der Waals surface area contributed by atoms with Gasteiger partial charge in [-0.3, -0.25) is 4.79 Å². The van der Waals surface area contributed by atoms with Crippen molar-refractivity contribution in [3.63, 3.8) is 0 Å². The molecule has 4 heteroatoms. The molecule has 3 nitrogen and oxygen atoms in total. The quantitative estimate of drug-likeness (QED) is 0.221. The molecule has 0 aromatic heterocycles. The fraction of sp³-hybridized carbons (Fsp3) is 0.952. The van der Waals surface area contributed by atoms with E-state index in [9.17, 15) is 4.79 Å². The normalized spacial score (nSPS) is 11.2. The summed E-state index contributed by atoms with van der Waals surface area (Å²) in [5, 5.41) is 0. The summed E-state index contributed by atoms with van der Waals surface area (Å²) >= 11 is 0. The third-order valence-corrected chi connectivity index (χ3v) is 5.04. The first-order valence-electron chi connectivity index (χ1n) is 10.5. The number of quaternary nitrogens is 1. The minimum Gasteiger partial charge on any atom is -1.00 e. The van der Waals surface area contributed by atoms with Gasteiger partial charge < -0.3 is 21.6 Å². The summed E-state index contributed by atoms with van der Waals surface area (Å²) in [6, 6.07) is 0. The predicted molar refractivity (Wildman–Crippen MR) is 104 cm³/mol. The summed E-state index contributed by atoms with van der Waals surface area (Å²) in [5.41, 5.74) is 0. The maximum Gasteiger partial charge on any atom is 0.302 e. The highest BCUT2D eigenvalue weighted by atomic mass is 35.5. The lowest BCUT2D eigenvalue weighted by Gasteiger charge is -2.34. The lowest BCUT2D eigenvalue weighted by molar-refractivity contribution is -0.910. The van der Waals surface area contributed by atoms with Crippen LogP contribution in [0.3, 0.4) is 0 Å². The number of carbonyl (C=O) groups excluding carboxylic acids is 1. The minimum absolute atomic E-state index is 0. The standard InChI is InChI=1S/C21H44NO2.ClH/c1-5-7-9-11-13-15-17-22(4,19-20-24-21(3)23)18-16-14-12-10-8-6-2;/h5-20H2,1-4H3;1H/q+1;/p-1. The van der Waals surface area contributed by atoms with Crippen molar-refractivity contribution in [1.29, 1.82) is 0 Å². The van der Waals surface area contributed by atoms with Crippen molar-refractivity contribution in [3.8, 4) is 0 Å². The van der Waals surface area contributed by atoms with E-state index in [-0.39, 0.29) is 18.4 Å². The number of ether oxygens (including phenoxy) is 1. The second kappa shape index (κ2) is 18.5. The molecule has 0 aliphatic rings. The third-order valence-electron chi connectivity index (χ3n) is 5.04. The van der Waals surface area contributed by atoms with Crippen LogP contribution in [-0.2, 0) is 9.53 Å². The SMILES string of the molecule is CCCCCCCC[N+](C)(CCCCCCCC)CCOC(C)=O.[Cl-]. The molecule has 0 rings (SSSR count). The second-order valence-electron chi connectivity index (χ2n) is 7.67. The average Bonchev–Trinajstić information content (AvgIpc) is 2.54. The lowest BCUT2D eigenvalue weighted by Crippen LogP contribution is -3.00. The van der Waals surface area contributed by atoms with Crippen molar-refractivity contribution in [2.75, 3.05) is 33.3 Å². The summed E-state index contributed by atoms with van der Waals surface area (Å²) in [5.74, 6) is -0.152. The smallest absolute Gasteiger partial charge is 0.302 e. The van der Waals surface area contributed by atoms with Crippen LogP contribution < -0.4 is 12.4 Å². The molecular formula is C21H44ClNO2. The fourth-order valence-electron chi connectivity index (χ4n) is 3.29. The molecule has 0 unspecified atom stereocenters. The highest BCUT2D eigenvalue weighted by Gasteiger charge is 2.21. The first kappa shape index (κ1) is 26.9. The molecule has 25 heavy (non-hydrogen) atoms. The molecule has 0 N–H and O–H groups in total. The average molecular weight is 378 g/mol. The summed E-state index contributed by atoms with van der Waals surface area (Å²) in [6.07, 6.45) is 16.2. The van der Waals surface area contributed by atoms with Gasteiger partial charge >= 0.3 is 5.97 Å². The van der Waals surface area contributed by atoms with Crippen LogP contribution in [0, 0.1) is 0 Å². The Labute approximate surface area is 163 Å². The van der Waals surface area contributed by atoms with Crippen LogP contribution in [0.25, 0.3) is 0 Å². The third kappa shape index (κ3) is 18.3. The highest BCUT2D eigenvalue weighted by Crippen LogP contribution is 2.13. The molecule has 0 saturated carbocycles. The lowest BCUT2D eigenvalue weighted by atomic mass is 10.1. The summed E-state index contributed by atoms with van der Waals surface area (Å²) in [7, 11) is 2.35. The molecule has 0 atom stereocenters. The largest absolute Gasteiger partial charge is 1.00 e. The fourth-order valence-corrected chi connectivity index (χ4v) is 3.29. The topological polar surface area (TPSA) is 26.3 Å². The van der Waals surface area contributed by atoms with Gasteiger partial charge in [0.2, 0.25) is 0 Å². The van der Waals surface area contributed by atoms with Gasteiger partial charge in [0.15, 0.2) is 0 Å². The Hall–Kier alpha value is -0.280. The summed E-state index contributed by atoms with van der Waals surface area (Å²) in [6.45, 7) is 10.0. The first-order chi connectivity index (χ1) is 11.5. The summed E-state index contributed by atoms with van der Waals surface area (Å²) in [4.78, 5) is 11.0. The number of likely N-dealkylation sites (N-methyl/N-ethyl adjacent to an activating group) is 1. The van der Waals surface area contributed by atoms with Crippen LogP contribution in [0.2, 0.25) is 0 Å². The van der Waals surface area contributed by atoms with Gasteiger partial charge in [0.1, 0.15) is 13.2 Å². The molecular weight excluding hydrogens is 334 g/mol. The van der Waals surface area contributed by atoms with Crippen LogP contribution in [-0.4, -0.2) is 43.7 Å². The van der Waals surface area contributed by atoms with Crippen LogP contribution in [0.4, 0.5) is 0 Å². The number of halogens is 1. The number of unbranched alkanes of at least 4 members (excludes halogenated alkanes) is 10. The highest BCUT2D eigenvalue weighted by molar-refractivity contribution is 5.65. The van der Waals surface area contributed by atoms with E-state index < -0.39 is 0 Å². The van der Waals surface area contributed by atoms with Crippen LogP contribution >= 0.6 is 0 Å². The number of rotatable bonds is 17. The molecule has 0 aromatic carbocycles. The van der Waals surface area contributed by atoms with Gasteiger partial charge in [-0.1, -0.05) is 65.2 Å². The number of nitrogens with zero attached hydrogens (tertiary/aromatic N) is 1. The first-order valence-corrected chi connectivity index (χ1v) is 10.5. The van der Waals surface area contributed by atoms with E-state index in [0.29, 0.717) is 6.61 Å². The molecule has 0 bridgehead atoms. The van der Waals surface area contributed by atoms with E-state index in [4.69, 9.17) is 4.74 Å². The molecule has 0 saturated heterocycles. The van der Waals surface area contributed by atoms with Crippen molar-refractivity contribution < 1.29 is 26.4 Å². The van der Waals surface area contributed by atoms with E-state index in [1.165, 1.54) is 97.1 Å². The molecule has 0 aromatic rings. The van der Waals surface area contributed by atoms with Crippen LogP contribution in [0.1, 0.15) is 97.8 Å². The van der Waals surface area contributed by atoms with Gasteiger partial charge in [0, 0.05) is 6.92 Å². The van der Waals surface area contributed by atoms with Gasteiger partial charge in [-0.05, 0) is 25.7 Å². The van der Waals surface area contributed by atoms with Gasteiger partial charge in [-0.2, -0.15) is 0 Å². The monoisotopic (exact) mass is 377 g/mol. The van der Waals surface area contributed by atoms with E-state index in [1.54, 1.807) is 0 Å². The van der Waals surface area contributed by atoms with Crippen molar-refractivity contribution in [1.82, 2.24) is 0 Å². The molecule has 0 aliphatic carbocycles. The van der Waals surface area contributed by atoms with Crippen molar-refractivity contribution in [3.05, 3.63) is 0 Å². The molecule has 0 amide bonds. The Kier molecular flexibility index (Phi) is 19.9. The second-order valence-corrected chi connectivity index (χ2v) is 7.67. The Morgan fingerprint density at radius 1 is 0.720 bits per heavy atom. The van der Waals surface area contributed by atoms with E-state index in [2.05, 4.69) is 20.9 Å². The van der Waals surface area contributed by atoms with Crippen molar-refractivity contribution in [2.24, 2.45) is 0 Å². The maximum absolute atomic E-state index is 11.0. The molecule has 0 fully saturated rings. The van der Waals surface area contributed by atoms with Crippen LogP contribution in [0.5, 0.6) is 0 Å². The van der Waals surface area contributed by atoms with Crippen molar-refractivity contribution >= 4 is 5.97 Å². The molecule has 0 radical (unpaired) electrons. The Bertz CT molecular complexity index is 282. The number of esters is 1. The maximum atomic E-state index is 11.0. The zero-order valence-electron chi connectivity index (χ0n) is 17.5. The van der Waals surface area contributed by atoms with Crippen molar-refractivity contribution in [2.45, 2.75) is 97.8 Å².